The number of nitrogens with two attached hydrogens (primary N) is 1. The molecule has 1 aromatic rings. The Morgan fingerprint density at radius 2 is 1.88 bits per heavy atom. The molecule has 1 saturated carbocycles. The highest BCUT2D eigenvalue weighted by Gasteiger charge is 2.32. The molecular formula is C11H16N4O2. The van der Waals surface area contributed by atoms with E-state index in [1.165, 1.54) is 0 Å². The van der Waals surface area contributed by atoms with Crippen LogP contribution in [-0.4, -0.2) is 45.5 Å². The smallest absolute Gasteiger partial charge is 0.222 e. The largest absolute Gasteiger partial charge is 0.393 e. The molecule has 0 spiro atoms. The highest BCUT2D eigenvalue weighted by Crippen LogP contribution is 2.37. The SMILES string of the molecule is Nc1nc(C2CC(O)C2)cc(N2CC(O)C2)n1. The molecule has 2 fully saturated rings. The lowest BCUT2D eigenvalue weighted by Crippen LogP contribution is -2.51. The Bertz CT molecular complexity index is 391. The minimum absolute atomic E-state index is 0.203. The van der Waals surface area contributed by atoms with Crippen molar-refractivity contribution in [2.75, 3.05) is 23.7 Å². The molecule has 0 amide bonds. The van der Waals surface area contributed by atoms with E-state index in [1.807, 2.05) is 11.0 Å². The lowest BCUT2D eigenvalue weighted by Gasteiger charge is -2.37. The van der Waals surface area contributed by atoms with Gasteiger partial charge in [0.25, 0.3) is 0 Å². The van der Waals surface area contributed by atoms with Gasteiger partial charge in [0.05, 0.1) is 17.9 Å². The van der Waals surface area contributed by atoms with Crippen LogP contribution < -0.4 is 10.6 Å². The average Bonchev–Trinajstić information content (AvgIpc) is 2.19. The first-order valence-electron chi connectivity index (χ1n) is 5.87. The molecule has 2 heterocycles. The van der Waals surface area contributed by atoms with E-state index in [-0.39, 0.29) is 18.2 Å². The first-order chi connectivity index (χ1) is 8.11. The fraction of sp³-hybridized carbons (Fsp3) is 0.636. The second-order valence-electron chi connectivity index (χ2n) is 4.89. The number of hydrogen-bond donors (Lipinski definition) is 3. The Hall–Kier alpha value is -1.40. The van der Waals surface area contributed by atoms with Crippen molar-refractivity contribution in [2.45, 2.75) is 31.0 Å². The Kier molecular flexibility index (Phi) is 2.41. The van der Waals surface area contributed by atoms with Crippen LogP contribution in [-0.2, 0) is 0 Å². The Morgan fingerprint density at radius 3 is 2.47 bits per heavy atom. The molecule has 0 bridgehead atoms. The van der Waals surface area contributed by atoms with Gasteiger partial charge in [-0.05, 0) is 12.8 Å². The maximum absolute atomic E-state index is 9.30. The van der Waals surface area contributed by atoms with Gasteiger partial charge in [0, 0.05) is 25.1 Å². The summed E-state index contributed by atoms with van der Waals surface area (Å²) in [7, 11) is 0. The van der Waals surface area contributed by atoms with Gasteiger partial charge in [0.2, 0.25) is 5.95 Å². The van der Waals surface area contributed by atoms with Crippen molar-refractivity contribution in [3.8, 4) is 0 Å². The normalized spacial score (nSPS) is 28.7. The van der Waals surface area contributed by atoms with Crippen LogP contribution in [0.1, 0.15) is 24.5 Å². The van der Waals surface area contributed by atoms with E-state index in [2.05, 4.69) is 9.97 Å². The van der Waals surface area contributed by atoms with Crippen molar-refractivity contribution in [1.29, 1.82) is 0 Å². The topological polar surface area (TPSA) is 95.5 Å². The molecule has 3 rings (SSSR count). The summed E-state index contributed by atoms with van der Waals surface area (Å²) in [5, 5.41) is 18.6. The molecule has 1 saturated heterocycles. The van der Waals surface area contributed by atoms with Gasteiger partial charge in [-0.25, -0.2) is 4.98 Å². The fourth-order valence-electron chi connectivity index (χ4n) is 2.31. The van der Waals surface area contributed by atoms with E-state index < -0.39 is 0 Å². The third-order valence-corrected chi connectivity index (χ3v) is 3.47. The van der Waals surface area contributed by atoms with E-state index in [9.17, 15) is 10.2 Å². The Morgan fingerprint density at radius 1 is 1.18 bits per heavy atom. The van der Waals surface area contributed by atoms with Gasteiger partial charge in [-0.15, -0.1) is 0 Å². The van der Waals surface area contributed by atoms with Crippen molar-refractivity contribution < 1.29 is 10.2 Å². The maximum atomic E-state index is 9.30. The summed E-state index contributed by atoms with van der Waals surface area (Å²) in [6, 6.07) is 1.92. The van der Waals surface area contributed by atoms with E-state index in [4.69, 9.17) is 5.73 Å². The number of β-amino-alcohol motifs (C(OH)–C–C–N with tert-alkyl or cyclic N) is 1. The average molecular weight is 236 g/mol. The Balaban J connectivity index is 1.80. The summed E-state index contributed by atoms with van der Waals surface area (Å²) in [4.78, 5) is 10.4. The standard InChI is InChI=1S/C11H16N4O2/c12-11-13-9(6-1-7(16)2-6)3-10(14-11)15-4-8(17)5-15/h3,6-8,16-17H,1-2,4-5H2,(H2,12,13,14). The van der Waals surface area contributed by atoms with Crippen LogP contribution in [0.25, 0.3) is 0 Å². The molecule has 2 aliphatic rings. The van der Waals surface area contributed by atoms with Gasteiger partial charge in [0.15, 0.2) is 0 Å². The van der Waals surface area contributed by atoms with Gasteiger partial charge in [-0.2, -0.15) is 4.98 Å². The van der Waals surface area contributed by atoms with Crippen LogP contribution in [0.15, 0.2) is 6.07 Å². The van der Waals surface area contributed by atoms with Gasteiger partial charge in [0.1, 0.15) is 5.82 Å². The molecule has 6 nitrogen and oxygen atoms in total. The summed E-state index contributed by atoms with van der Waals surface area (Å²) in [5.74, 6) is 1.33. The molecule has 0 atom stereocenters. The molecule has 6 heteroatoms. The minimum Gasteiger partial charge on any atom is -0.393 e. The van der Waals surface area contributed by atoms with E-state index in [1.54, 1.807) is 0 Å². The van der Waals surface area contributed by atoms with Crippen LogP contribution in [0.5, 0.6) is 0 Å². The van der Waals surface area contributed by atoms with Crippen LogP contribution >= 0.6 is 0 Å². The zero-order valence-electron chi connectivity index (χ0n) is 9.45. The summed E-state index contributed by atoms with van der Waals surface area (Å²) in [6.07, 6.45) is 1.03. The van der Waals surface area contributed by atoms with Gasteiger partial charge < -0.3 is 20.8 Å². The van der Waals surface area contributed by atoms with Gasteiger partial charge >= 0.3 is 0 Å². The van der Waals surface area contributed by atoms with Crippen LogP contribution in [0, 0.1) is 0 Å². The van der Waals surface area contributed by atoms with E-state index >= 15 is 0 Å². The molecule has 4 N–H and O–H groups in total. The molecule has 0 radical (unpaired) electrons. The number of aliphatic hydroxyl groups excluding tert-OH is 2. The predicted molar refractivity (Wildman–Crippen MR) is 62.6 cm³/mol. The number of aliphatic hydroxyl groups is 2. The molecule has 0 unspecified atom stereocenters. The number of nitrogen functional groups attached to an aromatic ring is 1. The summed E-state index contributed by atoms with van der Waals surface area (Å²) < 4.78 is 0. The Labute approximate surface area is 99.1 Å². The number of hydrogen-bond acceptors (Lipinski definition) is 6. The van der Waals surface area contributed by atoms with Crippen molar-refractivity contribution in [1.82, 2.24) is 9.97 Å². The molecule has 1 aromatic heterocycles. The fourth-order valence-corrected chi connectivity index (χ4v) is 2.31. The first kappa shape index (κ1) is 10.7. The highest BCUT2D eigenvalue weighted by atomic mass is 16.3. The maximum Gasteiger partial charge on any atom is 0.222 e. The summed E-state index contributed by atoms with van der Waals surface area (Å²) in [5.41, 5.74) is 6.59. The zero-order chi connectivity index (χ0) is 12.0. The first-order valence-corrected chi connectivity index (χ1v) is 5.87. The molecule has 92 valence electrons. The van der Waals surface area contributed by atoms with Crippen LogP contribution in [0.4, 0.5) is 11.8 Å². The second kappa shape index (κ2) is 3.82. The summed E-state index contributed by atoms with van der Waals surface area (Å²) in [6.45, 7) is 1.20. The highest BCUT2D eigenvalue weighted by molar-refractivity contribution is 5.47. The summed E-state index contributed by atoms with van der Waals surface area (Å²) >= 11 is 0. The monoisotopic (exact) mass is 236 g/mol. The third kappa shape index (κ3) is 1.94. The number of anilines is 2. The molecule has 1 aliphatic carbocycles. The minimum atomic E-state index is -0.264. The molecule has 1 aliphatic heterocycles. The quantitative estimate of drug-likeness (QED) is 0.639. The number of rotatable bonds is 2. The zero-order valence-corrected chi connectivity index (χ0v) is 9.45. The van der Waals surface area contributed by atoms with Crippen LogP contribution in [0.3, 0.4) is 0 Å². The number of aromatic nitrogens is 2. The lowest BCUT2D eigenvalue weighted by atomic mass is 9.80. The molecule has 17 heavy (non-hydrogen) atoms. The van der Waals surface area contributed by atoms with Gasteiger partial charge in [-0.1, -0.05) is 0 Å². The lowest BCUT2D eigenvalue weighted by molar-refractivity contribution is 0.0732. The molecular weight excluding hydrogens is 220 g/mol. The molecule has 0 aromatic carbocycles. The van der Waals surface area contributed by atoms with E-state index in [0.717, 1.165) is 24.4 Å². The van der Waals surface area contributed by atoms with Crippen LogP contribution in [0.2, 0.25) is 0 Å². The van der Waals surface area contributed by atoms with Crippen molar-refractivity contribution in [3.63, 3.8) is 0 Å². The van der Waals surface area contributed by atoms with Crippen molar-refractivity contribution in [2.24, 2.45) is 0 Å². The predicted octanol–water partition coefficient (Wildman–Crippen LogP) is -0.522. The second-order valence-corrected chi connectivity index (χ2v) is 4.89. The van der Waals surface area contributed by atoms with Gasteiger partial charge in [-0.3, -0.25) is 0 Å². The van der Waals surface area contributed by atoms with Crippen molar-refractivity contribution in [3.05, 3.63) is 11.8 Å². The van der Waals surface area contributed by atoms with Crippen molar-refractivity contribution >= 4 is 11.8 Å². The van der Waals surface area contributed by atoms with E-state index in [0.29, 0.717) is 19.0 Å². The third-order valence-electron chi connectivity index (χ3n) is 3.47. The number of nitrogens with zero attached hydrogens (tertiary/aromatic N) is 3.